The topological polar surface area (TPSA) is 68.0 Å². The second kappa shape index (κ2) is 5.29. The highest BCUT2D eigenvalue weighted by Gasteiger charge is 2.16. The molecule has 2 aromatic heterocycles. The van der Waals surface area contributed by atoms with Crippen LogP contribution in [0.5, 0.6) is 0 Å². The van der Waals surface area contributed by atoms with Crippen molar-refractivity contribution < 1.29 is 9.32 Å². The number of benzene rings is 1. The maximum absolute atomic E-state index is 12.4. The molecule has 5 nitrogen and oxygen atoms in total. The van der Waals surface area contributed by atoms with Gasteiger partial charge in [-0.15, -0.1) is 0 Å². The number of halogens is 1. The summed E-state index contributed by atoms with van der Waals surface area (Å²) in [7, 11) is 0. The Morgan fingerprint density at radius 3 is 2.86 bits per heavy atom. The molecule has 1 amide bonds. The highest BCUT2D eigenvalue weighted by Crippen LogP contribution is 2.28. The molecule has 0 aliphatic rings. The van der Waals surface area contributed by atoms with Crippen molar-refractivity contribution in [3.05, 3.63) is 52.0 Å². The van der Waals surface area contributed by atoms with Gasteiger partial charge in [0.15, 0.2) is 5.82 Å². The van der Waals surface area contributed by atoms with E-state index < -0.39 is 0 Å². The number of carbonyl (C=O) groups is 1. The summed E-state index contributed by atoms with van der Waals surface area (Å²) < 4.78 is 5.87. The molecule has 3 aromatic rings. The van der Waals surface area contributed by atoms with E-state index in [2.05, 4.69) is 31.4 Å². The van der Waals surface area contributed by atoms with Crippen molar-refractivity contribution in [2.24, 2.45) is 0 Å². The molecule has 21 heavy (non-hydrogen) atoms. The van der Waals surface area contributed by atoms with Gasteiger partial charge in [0.05, 0.1) is 0 Å². The summed E-state index contributed by atoms with van der Waals surface area (Å²) >= 11 is 3.51. The summed E-state index contributed by atoms with van der Waals surface area (Å²) in [5.74, 6) is 0.698. The zero-order valence-corrected chi connectivity index (χ0v) is 13.1. The van der Waals surface area contributed by atoms with Gasteiger partial charge in [-0.25, -0.2) is 0 Å². The minimum Gasteiger partial charge on any atom is -0.360 e. The standard InChI is InChI=1S/C15H12BrN3O2/c1-8-7-17-14(10-4-3-5-11(16)13(8)10)15(20)18-12-6-9(2)21-19-12/h3-7H,1-2H3,(H,18,19,20). The monoisotopic (exact) mass is 345 g/mol. The van der Waals surface area contributed by atoms with E-state index in [4.69, 9.17) is 4.52 Å². The fourth-order valence-electron chi connectivity index (χ4n) is 2.20. The Balaban J connectivity index is 2.06. The molecule has 1 aromatic carbocycles. The van der Waals surface area contributed by atoms with Crippen molar-refractivity contribution >= 4 is 38.4 Å². The molecule has 0 unspecified atom stereocenters. The first kappa shape index (κ1) is 13.8. The first-order chi connectivity index (χ1) is 10.1. The van der Waals surface area contributed by atoms with Crippen molar-refractivity contribution in [1.29, 1.82) is 0 Å². The quantitative estimate of drug-likeness (QED) is 0.765. The van der Waals surface area contributed by atoms with Gasteiger partial charge in [0.2, 0.25) is 0 Å². The molecule has 106 valence electrons. The predicted octanol–water partition coefficient (Wildman–Crippen LogP) is 3.85. The number of aromatic nitrogens is 2. The van der Waals surface area contributed by atoms with Gasteiger partial charge in [0.1, 0.15) is 11.5 Å². The van der Waals surface area contributed by atoms with E-state index in [-0.39, 0.29) is 5.91 Å². The largest absolute Gasteiger partial charge is 0.360 e. The Hall–Kier alpha value is -2.21. The minimum atomic E-state index is -0.314. The second-order valence-corrected chi connectivity index (χ2v) is 5.58. The lowest BCUT2D eigenvalue weighted by Gasteiger charge is -2.09. The molecule has 1 N–H and O–H groups in total. The summed E-state index contributed by atoms with van der Waals surface area (Å²) in [6.07, 6.45) is 1.69. The maximum Gasteiger partial charge on any atom is 0.276 e. The summed E-state index contributed by atoms with van der Waals surface area (Å²) in [4.78, 5) is 16.6. The number of carbonyl (C=O) groups excluding carboxylic acids is 1. The van der Waals surface area contributed by atoms with Crippen LogP contribution >= 0.6 is 15.9 Å². The molecule has 0 saturated heterocycles. The molecule has 0 aliphatic carbocycles. The highest BCUT2D eigenvalue weighted by atomic mass is 79.9. The number of hydrogen-bond acceptors (Lipinski definition) is 4. The Morgan fingerprint density at radius 2 is 2.14 bits per heavy atom. The number of amides is 1. The number of hydrogen-bond donors (Lipinski definition) is 1. The molecule has 0 aliphatic heterocycles. The van der Waals surface area contributed by atoms with E-state index in [1.165, 1.54) is 0 Å². The average molecular weight is 346 g/mol. The summed E-state index contributed by atoms with van der Waals surface area (Å²) in [6, 6.07) is 7.36. The van der Waals surface area contributed by atoms with Crippen LogP contribution in [0.3, 0.4) is 0 Å². The number of aryl methyl sites for hydroxylation is 2. The molecule has 0 bridgehead atoms. The molecule has 6 heteroatoms. The van der Waals surface area contributed by atoms with Gasteiger partial charge in [-0.05, 0) is 25.5 Å². The molecular formula is C15H12BrN3O2. The Bertz CT molecular complexity index is 834. The first-order valence-corrected chi connectivity index (χ1v) is 7.14. The lowest BCUT2D eigenvalue weighted by atomic mass is 10.1. The van der Waals surface area contributed by atoms with Crippen molar-refractivity contribution in [3.63, 3.8) is 0 Å². The second-order valence-electron chi connectivity index (χ2n) is 4.73. The van der Waals surface area contributed by atoms with Crippen LogP contribution in [0.15, 0.2) is 39.5 Å². The fraction of sp³-hybridized carbons (Fsp3) is 0.133. The van der Waals surface area contributed by atoms with Gasteiger partial charge < -0.3 is 9.84 Å². The van der Waals surface area contributed by atoms with Crippen molar-refractivity contribution in [1.82, 2.24) is 10.1 Å². The Morgan fingerprint density at radius 1 is 1.33 bits per heavy atom. The van der Waals surface area contributed by atoms with Gasteiger partial charge in [-0.3, -0.25) is 9.78 Å². The van der Waals surface area contributed by atoms with Crippen molar-refractivity contribution in [2.45, 2.75) is 13.8 Å². The zero-order chi connectivity index (χ0) is 15.0. The number of fused-ring (bicyclic) bond motifs is 1. The molecule has 0 saturated carbocycles. The van der Waals surface area contributed by atoms with E-state index in [1.807, 2.05) is 25.1 Å². The molecule has 0 atom stereocenters. The van der Waals surface area contributed by atoms with E-state index in [0.29, 0.717) is 17.3 Å². The summed E-state index contributed by atoms with van der Waals surface area (Å²) in [5, 5.41) is 8.22. The number of nitrogens with zero attached hydrogens (tertiary/aromatic N) is 2. The molecular weight excluding hydrogens is 334 g/mol. The van der Waals surface area contributed by atoms with E-state index in [1.54, 1.807) is 19.2 Å². The van der Waals surface area contributed by atoms with Crippen molar-refractivity contribution in [3.8, 4) is 0 Å². The predicted molar refractivity (Wildman–Crippen MR) is 83.4 cm³/mol. The molecule has 3 rings (SSSR count). The highest BCUT2D eigenvalue weighted by molar-refractivity contribution is 9.10. The zero-order valence-electron chi connectivity index (χ0n) is 11.5. The van der Waals surface area contributed by atoms with Crippen LogP contribution in [0.25, 0.3) is 10.8 Å². The summed E-state index contributed by atoms with van der Waals surface area (Å²) in [5.41, 5.74) is 1.36. The van der Waals surface area contributed by atoms with Crippen LogP contribution in [0, 0.1) is 13.8 Å². The van der Waals surface area contributed by atoms with Gasteiger partial charge in [0, 0.05) is 27.5 Å². The minimum absolute atomic E-state index is 0.314. The van der Waals surface area contributed by atoms with Gasteiger partial charge in [-0.1, -0.05) is 33.2 Å². The van der Waals surface area contributed by atoms with Gasteiger partial charge >= 0.3 is 0 Å². The fourth-order valence-corrected chi connectivity index (χ4v) is 2.88. The average Bonchev–Trinajstić information content (AvgIpc) is 2.84. The number of pyridine rings is 1. The molecule has 2 heterocycles. The maximum atomic E-state index is 12.4. The molecule has 0 fully saturated rings. The lowest BCUT2D eigenvalue weighted by molar-refractivity contribution is 0.102. The third-order valence-corrected chi connectivity index (χ3v) is 3.80. The Labute approximate surface area is 129 Å². The van der Waals surface area contributed by atoms with Crippen molar-refractivity contribution in [2.75, 3.05) is 5.32 Å². The first-order valence-electron chi connectivity index (χ1n) is 6.35. The number of rotatable bonds is 2. The summed E-state index contributed by atoms with van der Waals surface area (Å²) in [6.45, 7) is 3.72. The third kappa shape index (κ3) is 2.54. The van der Waals surface area contributed by atoms with Crippen LogP contribution in [0.1, 0.15) is 21.8 Å². The SMILES string of the molecule is Cc1cc(NC(=O)c2ncc(C)c3c(Br)cccc23)no1. The van der Waals surface area contributed by atoms with Crippen LogP contribution in [-0.4, -0.2) is 16.0 Å². The number of anilines is 1. The molecule has 0 radical (unpaired) electrons. The van der Waals surface area contributed by atoms with Crippen LogP contribution < -0.4 is 5.32 Å². The van der Waals surface area contributed by atoms with E-state index in [9.17, 15) is 4.79 Å². The molecule has 0 spiro atoms. The Kier molecular flexibility index (Phi) is 3.47. The normalized spacial score (nSPS) is 10.8. The number of nitrogens with one attached hydrogen (secondary N) is 1. The van der Waals surface area contributed by atoms with Gasteiger partial charge in [0.25, 0.3) is 5.91 Å². The van der Waals surface area contributed by atoms with Crippen LogP contribution in [-0.2, 0) is 0 Å². The van der Waals surface area contributed by atoms with E-state index in [0.717, 1.165) is 20.8 Å². The smallest absolute Gasteiger partial charge is 0.276 e. The van der Waals surface area contributed by atoms with Gasteiger partial charge in [-0.2, -0.15) is 0 Å². The third-order valence-electron chi connectivity index (χ3n) is 3.14. The van der Waals surface area contributed by atoms with Crippen LogP contribution in [0.2, 0.25) is 0 Å². The van der Waals surface area contributed by atoms with E-state index >= 15 is 0 Å². The lowest BCUT2D eigenvalue weighted by Crippen LogP contribution is -2.14. The van der Waals surface area contributed by atoms with Crippen LogP contribution in [0.4, 0.5) is 5.82 Å².